The molecule has 0 radical (unpaired) electrons. The number of hydrogen-bond donors (Lipinski definition) is 1. The van der Waals surface area contributed by atoms with Crippen LogP contribution in [0.1, 0.15) is 12.5 Å². The molecular formula is C20H18ClNO4. The van der Waals surface area contributed by atoms with Gasteiger partial charge < -0.3 is 19.5 Å². The Bertz CT molecular complexity index is 872. The number of carbonyl (C=O) groups excluding carboxylic acids is 1. The molecule has 0 saturated heterocycles. The van der Waals surface area contributed by atoms with Crippen LogP contribution in [0.2, 0.25) is 5.02 Å². The highest BCUT2D eigenvalue weighted by Crippen LogP contribution is 2.37. The summed E-state index contributed by atoms with van der Waals surface area (Å²) in [6, 6.07) is 10.6. The van der Waals surface area contributed by atoms with Gasteiger partial charge in [-0.3, -0.25) is 4.79 Å². The lowest BCUT2D eigenvalue weighted by atomic mass is 10.1. The number of rotatable bonds is 5. The van der Waals surface area contributed by atoms with E-state index in [4.69, 9.17) is 25.8 Å². The van der Waals surface area contributed by atoms with Crippen molar-refractivity contribution in [2.45, 2.75) is 6.92 Å². The smallest absolute Gasteiger partial charge is 0.255 e. The van der Waals surface area contributed by atoms with Crippen molar-refractivity contribution in [1.29, 1.82) is 0 Å². The molecule has 26 heavy (non-hydrogen) atoms. The van der Waals surface area contributed by atoms with Gasteiger partial charge in [-0.05, 0) is 49.4 Å². The molecule has 0 unspecified atom stereocenters. The van der Waals surface area contributed by atoms with E-state index in [1.165, 1.54) is 13.4 Å². The molecule has 2 aromatic rings. The van der Waals surface area contributed by atoms with Crippen molar-refractivity contribution in [1.82, 2.24) is 0 Å². The maximum absolute atomic E-state index is 12.6. The maximum Gasteiger partial charge on any atom is 0.255 e. The van der Waals surface area contributed by atoms with Crippen molar-refractivity contribution in [3.05, 3.63) is 64.9 Å². The minimum absolute atomic E-state index is 0.263. The standard InChI is InChI=1S/C20H18ClNO4/c1-3-25-17-6-4-16(5-7-17)22-20(23)13-8-9-26-19-14(10-13)11-15(21)12-18(19)24-2/h4-12H,3H2,1-2H3,(H,22,23). The number of carbonyl (C=O) groups is 1. The monoisotopic (exact) mass is 371 g/mol. The quantitative estimate of drug-likeness (QED) is 0.829. The van der Waals surface area contributed by atoms with Crippen LogP contribution in [0, 0.1) is 0 Å². The summed E-state index contributed by atoms with van der Waals surface area (Å²) in [6.07, 6.45) is 4.75. The Morgan fingerprint density at radius 3 is 2.69 bits per heavy atom. The Kier molecular flexibility index (Phi) is 5.49. The minimum atomic E-state index is -0.263. The zero-order valence-electron chi connectivity index (χ0n) is 14.4. The first kappa shape index (κ1) is 17.9. The van der Waals surface area contributed by atoms with E-state index >= 15 is 0 Å². The summed E-state index contributed by atoms with van der Waals surface area (Å²) in [5.74, 6) is 1.50. The van der Waals surface area contributed by atoms with E-state index in [0.29, 0.717) is 40.0 Å². The third-order valence-corrected chi connectivity index (χ3v) is 3.92. The fraction of sp³-hybridized carbons (Fsp3) is 0.150. The SMILES string of the molecule is CCOc1ccc(NC(=O)C2=Cc3cc(Cl)cc(OC)c3OC=C2)cc1. The van der Waals surface area contributed by atoms with Crippen LogP contribution in [-0.4, -0.2) is 19.6 Å². The Hall–Kier alpha value is -2.92. The molecule has 0 spiro atoms. The van der Waals surface area contributed by atoms with Crippen LogP contribution in [-0.2, 0) is 4.79 Å². The molecule has 134 valence electrons. The molecule has 3 rings (SSSR count). The molecule has 6 heteroatoms. The van der Waals surface area contributed by atoms with E-state index in [1.54, 1.807) is 48.6 Å². The highest BCUT2D eigenvalue weighted by atomic mass is 35.5. The average Bonchev–Trinajstić information content (AvgIpc) is 2.85. The number of fused-ring (bicyclic) bond motifs is 1. The second kappa shape index (κ2) is 7.97. The molecular weight excluding hydrogens is 354 g/mol. The molecule has 1 N–H and O–H groups in total. The predicted molar refractivity (Wildman–Crippen MR) is 102 cm³/mol. The van der Waals surface area contributed by atoms with E-state index in [2.05, 4.69) is 5.32 Å². The summed E-state index contributed by atoms with van der Waals surface area (Å²) in [4.78, 5) is 12.6. The molecule has 0 fully saturated rings. The highest BCUT2D eigenvalue weighted by molar-refractivity contribution is 6.31. The van der Waals surface area contributed by atoms with Crippen LogP contribution in [0.5, 0.6) is 17.2 Å². The Labute approximate surface area is 156 Å². The molecule has 1 aliphatic heterocycles. The summed E-state index contributed by atoms with van der Waals surface area (Å²) < 4.78 is 16.3. The second-order valence-corrected chi connectivity index (χ2v) is 5.89. The van der Waals surface area contributed by atoms with Gasteiger partial charge in [0, 0.05) is 27.9 Å². The summed E-state index contributed by atoms with van der Waals surface area (Å²) in [5.41, 5.74) is 1.76. The largest absolute Gasteiger partial charge is 0.494 e. The topological polar surface area (TPSA) is 56.8 Å². The molecule has 1 heterocycles. The summed E-state index contributed by atoms with van der Waals surface area (Å²) in [7, 11) is 1.53. The molecule has 0 saturated carbocycles. The van der Waals surface area contributed by atoms with Crippen molar-refractivity contribution in [2.75, 3.05) is 19.0 Å². The Morgan fingerprint density at radius 2 is 2.00 bits per heavy atom. The van der Waals surface area contributed by atoms with E-state index in [1.807, 2.05) is 6.92 Å². The minimum Gasteiger partial charge on any atom is -0.494 e. The number of halogens is 1. The van der Waals surface area contributed by atoms with Gasteiger partial charge in [0.2, 0.25) is 0 Å². The van der Waals surface area contributed by atoms with Crippen molar-refractivity contribution >= 4 is 29.3 Å². The number of nitrogens with one attached hydrogen (secondary N) is 1. The van der Waals surface area contributed by atoms with E-state index in [0.717, 1.165) is 5.75 Å². The molecule has 2 aromatic carbocycles. The van der Waals surface area contributed by atoms with Gasteiger partial charge in [-0.1, -0.05) is 11.6 Å². The molecule has 0 aromatic heterocycles. The molecule has 0 aliphatic carbocycles. The normalized spacial score (nSPS) is 12.3. The number of anilines is 1. The van der Waals surface area contributed by atoms with Gasteiger partial charge >= 0.3 is 0 Å². The second-order valence-electron chi connectivity index (χ2n) is 5.46. The number of ether oxygens (including phenoxy) is 3. The van der Waals surface area contributed by atoms with Gasteiger partial charge in [0.1, 0.15) is 5.75 Å². The van der Waals surface area contributed by atoms with Crippen LogP contribution in [0.3, 0.4) is 0 Å². The lowest BCUT2D eigenvalue weighted by molar-refractivity contribution is -0.112. The predicted octanol–water partition coefficient (Wildman–Crippen LogP) is 4.68. The zero-order valence-corrected chi connectivity index (χ0v) is 15.2. The van der Waals surface area contributed by atoms with Crippen LogP contribution < -0.4 is 19.5 Å². The third-order valence-electron chi connectivity index (χ3n) is 3.70. The van der Waals surface area contributed by atoms with Gasteiger partial charge in [0.15, 0.2) is 11.5 Å². The summed E-state index contributed by atoms with van der Waals surface area (Å²) in [6.45, 7) is 2.51. The van der Waals surface area contributed by atoms with Crippen molar-refractivity contribution in [3.63, 3.8) is 0 Å². The average molecular weight is 372 g/mol. The first-order valence-corrected chi connectivity index (χ1v) is 8.45. The number of hydrogen-bond acceptors (Lipinski definition) is 4. The molecule has 5 nitrogen and oxygen atoms in total. The van der Waals surface area contributed by atoms with Crippen LogP contribution in [0.25, 0.3) is 6.08 Å². The maximum atomic E-state index is 12.6. The molecule has 0 bridgehead atoms. The number of methoxy groups -OCH3 is 1. The molecule has 0 atom stereocenters. The lowest BCUT2D eigenvalue weighted by Gasteiger charge is -2.10. The van der Waals surface area contributed by atoms with Crippen molar-refractivity contribution in [3.8, 4) is 17.2 Å². The number of benzene rings is 2. The van der Waals surface area contributed by atoms with Crippen molar-refractivity contribution < 1.29 is 19.0 Å². The lowest BCUT2D eigenvalue weighted by Crippen LogP contribution is -2.13. The van der Waals surface area contributed by atoms with Crippen LogP contribution in [0.15, 0.2) is 54.3 Å². The van der Waals surface area contributed by atoms with E-state index in [9.17, 15) is 4.79 Å². The van der Waals surface area contributed by atoms with Crippen LogP contribution in [0.4, 0.5) is 5.69 Å². The Balaban J connectivity index is 1.84. The van der Waals surface area contributed by atoms with E-state index < -0.39 is 0 Å². The van der Waals surface area contributed by atoms with Crippen molar-refractivity contribution in [2.24, 2.45) is 0 Å². The molecule has 1 amide bonds. The summed E-state index contributed by atoms with van der Waals surface area (Å²) in [5, 5.41) is 3.34. The molecule has 1 aliphatic rings. The first-order chi connectivity index (χ1) is 12.6. The first-order valence-electron chi connectivity index (χ1n) is 8.07. The fourth-order valence-corrected chi connectivity index (χ4v) is 2.73. The zero-order chi connectivity index (χ0) is 18.5. The van der Waals surface area contributed by atoms with Gasteiger partial charge in [0.05, 0.1) is 20.0 Å². The summed E-state index contributed by atoms with van der Waals surface area (Å²) >= 11 is 6.11. The number of amides is 1. The third kappa shape index (κ3) is 4.00. The van der Waals surface area contributed by atoms with E-state index in [-0.39, 0.29) is 5.91 Å². The van der Waals surface area contributed by atoms with Gasteiger partial charge in [-0.2, -0.15) is 0 Å². The highest BCUT2D eigenvalue weighted by Gasteiger charge is 2.16. The van der Waals surface area contributed by atoms with Gasteiger partial charge in [0.25, 0.3) is 5.91 Å². The Morgan fingerprint density at radius 1 is 1.23 bits per heavy atom. The van der Waals surface area contributed by atoms with Gasteiger partial charge in [-0.15, -0.1) is 0 Å². The fourth-order valence-electron chi connectivity index (χ4n) is 2.51. The van der Waals surface area contributed by atoms with Crippen LogP contribution >= 0.6 is 11.6 Å². The van der Waals surface area contributed by atoms with Gasteiger partial charge in [-0.25, -0.2) is 0 Å².